The third kappa shape index (κ3) is 4.03. The molecule has 0 radical (unpaired) electrons. The van der Waals surface area contributed by atoms with E-state index in [1.54, 1.807) is 19.2 Å². The molecule has 2 rings (SSSR count). The third-order valence-electron chi connectivity index (χ3n) is 3.43. The average Bonchev–Trinajstić information content (AvgIpc) is 2.45. The van der Waals surface area contributed by atoms with Gasteiger partial charge in [0.2, 0.25) is 0 Å². The number of nitro benzene ring substituents is 1. The molecule has 0 spiro atoms. The molecule has 7 heteroatoms. The van der Waals surface area contributed by atoms with Crippen LogP contribution >= 0.6 is 22.6 Å². The lowest BCUT2D eigenvalue weighted by atomic mass is 10.2. The number of nitro groups is 1. The van der Waals surface area contributed by atoms with Gasteiger partial charge in [-0.05, 0) is 28.7 Å². The Morgan fingerprint density at radius 2 is 2.00 bits per heavy atom. The standard InChI is InChI=1S/C13H18IN3O3/c1-20-7-6-15-2-4-16(5-3-15)12-8-11(14)9-13(10-12)17(18)19/h8-10H,2-7H2,1H3. The maximum Gasteiger partial charge on any atom is 0.272 e. The molecule has 0 aromatic heterocycles. The summed E-state index contributed by atoms with van der Waals surface area (Å²) in [6.07, 6.45) is 0. The fourth-order valence-corrected chi connectivity index (χ4v) is 2.94. The summed E-state index contributed by atoms with van der Waals surface area (Å²) in [5.41, 5.74) is 1.10. The Morgan fingerprint density at radius 3 is 2.60 bits per heavy atom. The number of non-ortho nitro benzene ring substituents is 1. The Labute approximate surface area is 132 Å². The van der Waals surface area contributed by atoms with E-state index in [9.17, 15) is 10.1 Å². The van der Waals surface area contributed by atoms with Gasteiger partial charge in [-0.1, -0.05) is 0 Å². The van der Waals surface area contributed by atoms with E-state index >= 15 is 0 Å². The summed E-state index contributed by atoms with van der Waals surface area (Å²) in [6.45, 7) is 5.39. The number of methoxy groups -OCH3 is 1. The molecule has 1 aliphatic rings. The van der Waals surface area contributed by atoms with Gasteiger partial charge in [-0.3, -0.25) is 15.0 Å². The van der Waals surface area contributed by atoms with Gasteiger partial charge in [0.1, 0.15) is 0 Å². The van der Waals surface area contributed by atoms with Gasteiger partial charge in [0.25, 0.3) is 5.69 Å². The van der Waals surface area contributed by atoms with Crippen molar-refractivity contribution in [1.82, 2.24) is 4.90 Å². The first-order valence-electron chi connectivity index (χ1n) is 6.51. The van der Waals surface area contributed by atoms with E-state index in [0.717, 1.165) is 48.6 Å². The highest BCUT2D eigenvalue weighted by Crippen LogP contribution is 2.25. The van der Waals surface area contributed by atoms with Crippen molar-refractivity contribution in [3.05, 3.63) is 31.9 Å². The van der Waals surface area contributed by atoms with E-state index in [1.165, 1.54) is 0 Å². The number of piperazine rings is 1. The minimum absolute atomic E-state index is 0.161. The Hall–Kier alpha value is -0.930. The SMILES string of the molecule is COCCN1CCN(c2cc(I)cc([N+](=O)[O-])c2)CC1. The molecule has 0 bridgehead atoms. The Bertz CT molecular complexity index is 476. The molecular formula is C13H18IN3O3. The maximum absolute atomic E-state index is 10.9. The van der Waals surface area contributed by atoms with Crippen LogP contribution in [0, 0.1) is 13.7 Å². The van der Waals surface area contributed by atoms with E-state index in [2.05, 4.69) is 32.4 Å². The summed E-state index contributed by atoms with van der Waals surface area (Å²) in [5.74, 6) is 0. The topological polar surface area (TPSA) is 58.8 Å². The molecular weight excluding hydrogens is 373 g/mol. The van der Waals surface area contributed by atoms with Crippen LogP contribution in [0.5, 0.6) is 0 Å². The summed E-state index contributed by atoms with van der Waals surface area (Å²) < 4.78 is 5.98. The first-order chi connectivity index (χ1) is 9.60. The van der Waals surface area contributed by atoms with Crippen LogP contribution in [-0.4, -0.2) is 56.3 Å². The summed E-state index contributed by atoms with van der Waals surface area (Å²) in [6, 6.07) is 5.25. The minimum atomic E-state index is -0.333. The molecule has 6 nitrogen and oxygen atoms in total. The lowest BCUT2D eigenvalue weighted by Crippen LogP contribution is -2.47. The number of benzene rings is 1. The normalized spacial score (nSPS) is 16.4. The molecule has 1 fully saturated rings. The zero-order chi connectivity index (χ0) is 14.5. The van der Waals surface area contributed by atoms with Crippen molar-refractivity contribution in [2.24, 2.45) is 0 Å². The van der Waals surface area contributed by atoms with E-state index in [1.807, 2.05) is 6.07 Å². The van der Waals surface area contributed by atoms with Gasteiger partial charge >= 0.3 is 0 Å². The smallest absolute Gasteiger partial charge is 0.272 e. The number of hydrogen-bond donors (Lipinski definition) is 0. The van der Waals surface area contributed by atoms with Crippen molar-refractivity contribution in [2.45, 2.75) is 0 Å². The van der Waals surface area contributed by atoms with Crippen LogP contribution in [0.4, 0.5) is 11.4 Å². The molecule has 1 aliphatic heterocycles. The molecule has 1 heterocycles. The number of anilines is 1. The highest BCUT2D eigenvalue weighted by atomic mass is 127. The van der Waals surface area contributed by atoms with Gasteiger partial charge in [-0.25, -0.2) is 0 Å². The number of ether oxygens (including phenoxy) is 1. The van der Waals surface area contributed by atoms with Gasteiger partial charge in [0, 0.05) is 61.2 Å². The van der Waals surface area contributed by atoms with Gasteiger partial charge < -0.3 is 9.64 Å². The fourth-order valence-electron chi connectivity index (χ4n) is 2.30. The van der Waals surface area contributed by atoms with Crippen molar-refractivity contribution >= 4 is 34.0 Å². The quantitative estimate of drug-likeness (QED) is 0.437. The first kappa shape index (κ1) is 15.5. The molecule has 0 atom stereocenters. The number of hydrogen-bond acceptors (Lipinski definition) is 5. The van der Waals surface area contributed by atoms with Gasteiger partial charge in [0.15, 0.2) is 0 Å². The molecule has 1 aromatic rings. The van der Waals surface area contributed by atoms with Crippen molar-refractivity contribution in [3.63, 3.8) is 0 Å². The molecule has 20 heavy (non-hydrogen) atoms. The second-order valence-electron chi connectivity index (χ2n) is 4.75. The Balaban J connectivity index is 2.01. The predicted molar refractivity (Wildman–Crippen MR) is 86.3 cm³/mol. The second-order valence-corrected chi connectivity index (χ2v) is 5.99. The number of nitrogens with zero attached hydrogens (tertiary/aromatic N) is 3. The second kappa shape index (κ2) is 7.19. The van der Waals surface area contributed by atoms with E-state index in [-0.39, 0.29) is 10.6 Å². The number of rotatable bonds is 5. The van der Waals surface area contributed by atoms with Crippen LogP contribution in [0.15, 0.2) is 18.2 Å². The molecule has 0 aliphatic carbocycles. The summed E-state index contributed by atoms with van der Waals surface area (Å²) >= 11 is 2.12. The molecule has 0 N–H and O–H groups in total. The highest BCUT2D eigenvalue weighted by molar-refractivity contribution is 14.1. The fraction of sp³-hybridized carbons (Fsp3) is 0.538. The van der Waals surface area contributed by atoms with Crippen LogP contribution in [0.2, 0.25) is 0 Å². The summed E-state index contributed by atoms with van der Waals surface area (Å²) in [4.78, 5) is 15.1. The van der Waals surface area contributed by atoms with Gasteiger partial charge in [-0.2, -0.15) is 0 Å². The number of halogens is 1. The summed E-state index contributed by atoms with van der Waals surface area (Å²) in [7, 11) is 1.71. The van der Waals surface area contributed by atoms with Crippen molar-refractivity contribution in [1.29, 1.82) is 0 Å². The van der Waals surface area contributed by atoms with Crippen LogP contribution < -0.4 is 4.90 Å². The van der Waals surface area contributed by atoms with E-state index < -0.39 is 0 Å². The van der Waals surface area contributed by atoms with Crippen molar-refractivity contribution in [2.75, 3.05) is 51.3 Å². The van der Waals surface area contributed by atoms with Crippen LogP contribution in [0.3, 0.4) is 0 Å². The predicted octanol–water partition coefficient (Wildman–Crippen LogP) is 1.97. The minimum Gasteiger partial charge on any atom is -0.383 e. The molecule has 1 saturated heterocycles. The molecule has 110 valence electrons. The van der Waals surface area contributed by atoms with Crippen LogP contribution in [-0.2, 0) is 4.74 Å². The average molecular weight is 391 g/mol. The monoisotopic (exact) mass is 391 g/mol. The highest BCUT2D eigenvalue weighted by Gasteiger charge is 2.19. The lowest BCUT2D eigenvalue weighted by Gasteiger charge is -2.35. The van der Waals surface area contributed by atoms with E-state index in [4.69, 9.17) is 4.74 Å². The Morgan fingerprint density at radius 1 is 1.30 bits per heavy atom. The third-order valence-corrected chi connectivity index (χ3v) is 4.05. The summed E-state index contributed by atoms with van der Waals surface area (Å²) in [5, 5.41) is 10.9. The first-order valence-corrected chi connectivity index (χ1v) is 7.59. The van der Waals surface area contributed by atoms with Crippen molar-refractivity contribution in [3.8, 4) is 0 Å². The Kier molecular flexibility index (Phi) is 5.55. The van der Waals surface area contributed by atoms with Crippen LogP contribution in [0.1, 0.15) is 0 Å². The van der Waals surface area contributed by atoms with Crippen molar-refractivity contribution < 1.29 is 9.66 Å². The molecule has 0 saturated carbocycles. The molecule has 1 aromatic carbocycles. The zero-order valence-corrected chi connectivity index (χ0v) is 13.6. The molecule has 0 amide bonds. The van der Waals surface area contributed by atoms with Gasteiger partial charge in [-0.15, -0.1) is 0 Å². The lowest BCUT2D eigenvalue weighted by molar-refractivity contribution is -0.384. The maximum atomic E-state index is 10.9. The van der Waals surface area contributed by atoms with E-state index in [0.29, 0.717) is 0 Å². The largest absolute Gasteiger partial charge is 0.383 e. The van der Waals surface area contributed by atoms with Gasteiger partial charge in [0.05, 0.1) is 11.5 Å². The zero-order valence-electron chi connectivity index (χ0n) is 11.4. The van der Waals surface area contributed by atoms with Crippen LogP contribution in [0.25, 0.3) is 0 Å². The molecule has 0 unspecified atom stereocenters.